The van der Waals surface area contributed by atoms with Crippen LogP contribution in [0.4, 0.5) is 5.95 Å². The molecule has 0 aliphatic carbocycles. The Morgan fingerprint density at radius 2 is 2.36 bits per heavy atom. The van der Waals surface area contributed by atoms with Crippen LogP contribution in [0.1, 0.15) is 6.92 Å². The number of aromatic nitrogens is 3. The van der Waals surface area contributed by atoms with Gasteiger partial charge < -0.3 is 5.32 Å². The fourth-order valence-electron chi connectivity index (χ4n) is 0.623. The van der Waals surface area contributed by atoms with E-state index in [1.807, 2.05) is 13.2 Å². The van der Waals surface area contributed by atoms with Crippen molar-refractivity contribution in [1.82, 2.24) is 15.0 Å². The number of anilines is 1. The first kappa shape index (κ1) is 8.26. The maximum absolute atomic E-state index is 4.11. The lowest BCUT2D eigenvalue weighted by molar-refractivity contribution is 0.900. The Kier molecular flexibility index (Phi) is 3.10. The molecule has 0 fully saturated rings. The molecule has 0 aliphatic rings. The van der Waals surface area contributed by atoms with E-state index in [1.54, 1.807) is 0 Å². The summed E-state index contributed by atoms with van der Waals surface area (Å²) in [6.45, 7) is 2.83. The molecule has 0 bridgehead atoms. The molecule has 1 aromatic heterocycles. The summed E-state index contributed by atoms with van der Waals surface area (Å²) < 4.78 is 0. The highest BCUT2D eigenvalue weighted by Crippen LogP contribution is 2.07. The van der Waals surface area contributed by atoms with Crippen molar-refractivity contribution in [2.75, 3.05) is 18.1 Å². The van der Waals surface area contributed by atoms with Crippen LogP contribution in [0.5, 0.6) is 0 Å². The minimum Gasteiger partial charge on any atom is -0.354 e. The van der Waals surface area contributed by atoms with Gasteiger partial charge in [-0.2, -0.15) is 4.98 Å². The van der Waals surface area contributed by atoms with Crippen LogP contribution < -0.4 is 5.32 Å². The summed E-state index contributed by atoms with van der Waals surface area (Å²) >= 11 is 1.51. The molecule has 1 N–H and O–H groups in total. The van der Waals surface area contributed by atoms with Gasteiger partial charge in [0.1, 0.15) is 6.33 Å². The fourth-order valence-corrected chi connectivity index (χ4v) is 0.953. The second-order valence-electron chi connectivity index (χ2n) is 1.83. The van der Waals surface area contributed by atoms with Crippen molar-refractivity contribution >= 4 is 17.7 Å². The van der Waals surface area contributed by atoms with Gasteiger partial charge in [0.15, 0.2) is 5.16 Å². The topological polar surface area (TPSA) is 50.7 Å². The van der Waals surface area contributed by atoms with Gasteiger partial charge in [-0.3, -0.25) is 0 Å². The van der Waals surface area contributed by atoms with Crippen molar-refractivity contribution < 1.29 is 0 Å². The standard InChI is InChI=1S/C6H10N4S/c1-3-7-5-8-4-9-6(10-5)11-2/h4H,3H2,1-2H3,(H,7,8,9,10). The fraction of sp³-hybridized carbons (Fsp3) is 0.500. The summed E-state index contributed by atoms with van der Waals surface area (Å²) in [6, 6.07) is 0. The molecule has 1 aromatic rings. The molecule has 11 heavy (non-hydrogen) atoms. The van der Waals surface area contributed by atoms with E-state index in [-0.39, 0.29) is 0 Å². The second-order valence-corrected chi connectivity index (χ2v) is 2.60. The lowest BCUT2D eigenvalue weighted by Gasteiger charge is -1.99. The molecule has 0 saturated carbocycles. The van der Waals surface area contributed by atoms with Crippen LogP contribution in [0.2, 0.25) is 0 Å². The van der Waals surface area contributed by atoms with Crippen molar-refractivity contribution in [2.24, 2.45) is 0 Å². The van der Waals surface area contributed by atoms with Gasteiger partial charge in [-0.25, -0.2) is 9.97 Å². The molecule has 0 radical (unpaired) electrons. The third-order valence-corrected chi connectivity index (χ3v) is 1.63. The van der Waals surface area contributed by atoms with Crippen LogP contribution in [0.25, 0.3) is 0 Å². The molecule has 1 heterocycles. The predicted molar refractivity (Wildman–Crippen MR) is 45.8 cm³/mol. The quantitative estimate of drug-likeness (QED) is 0.686. The first-order chi connectivity index (χ1) is 5.36. The number of hydrogen-bond donors (Lipinski definition) is 1. The molecule has 0 amide bonds. The first-order valence-electron chi connectivity index (χ1n) is 3.33. The van der Waals surface area contributed by atoms with Crippen LogP contribution >= 0.6 is 11.8 Å². The molecule has 5 heteroatoms. The zero-order chi connectivity index (χ0) is 8.10. The molecule has 4 nitrogen and oxygen atoms in total. The summed E-state index contributed by atoms with van der Waals surface area (Å²) in [7, 11) is 0. The predicted octanol–water partition coefficient (Wildman–Crippen LogP) is 1.03. The highest BCUT2D eigenvalue weighted by Gasteiger charge is 1.95. The third kappa shape index (κ3) is 2.34. The van der Waals surface area contributed by atoms with Crippen molar-refractivity contribution in [3.8, 4) is 0 Å². The highest BCUT2D eigenvalue weighted by molar-refractivity contribution is 7.98. The van der Waals surface area contributed by atoms with Crippen molar-refractivity contribution in [2.45, 2.75) is 12.1 Å². The molecule has 0 aromatic carbocycles. The van der Waals surface area contributed by atoms with Crippen molar-refractivity contribution in [1.29, 1.82) is 0 Å². The average molecular weight is 170 g/mol. The number of nitrogens with zero attached hydrogens (tertiary/aromatic N) is 3. The summed E-state index contributed by atoms with van der Waals surface area (Å²) in [5.41, 5.74) is 0. The summed E-state index contributed by atoms with van der Waals surface area (Å²) in [5.74, 6) is 0.645. The number of rotatable bonds is 3. The molecule has 0 aliphatic heterocycles. The van der Waals surface area contributed by atoms with E-state index < -0.39 is 0 Å². The zero-order valence-corrected chi connectivity index (χ0v) is 7.35. The van der Waals surface area contributed by atoms with Gasteiger partial charge >= 0.3 is 0 Å². The number of hydrogen-bond acceptors (Lipinski definition) is 5. The number of thioether (sulfide) groups is 1. The SMILES string of the molecule is CCNc1ncnc(SC)n1. The van der Waals surface area contributed by atoms with Crippen LogP contribution in [0, 0.1) is 0 Å². The average Bonchev–Trinajstić information content (AvgIpc) is 2.06. The lowest BCUT2D eigenvalue weighted by atomic mass is 10.7. The molecule has 1 rings (SSSR count). The smallest absolute Gasteiger partial charge is 0.226 e. The molecular formula is C6H10N4S. The van der Waals surface area contributed by atoms with E-state index >= 15 is 0 Å². The van der Waals surface area contributed by atoms with Crippen molar-refractivity contribution in [3.63, 3.8) is 0 Å². The molecule has 0 atom stereocenters. The Balaban J connectivity index is 2.74. The second kappa shape index (κ2) is 4.12. The van der Waals surface area contributed by atoms with Gasteiger partial charge in [-0.15, -0.1) is 0 Å². The maximum Gasteiger partial charge on any atom is 0.226 e. The van der Waals surface area contributed by atoms with Crippen molar-refractivity contribution in [3.05, 3.63) is 6.33 Å². The normalized spacial score (nSPS) is 9.64. The largest absolute Gasteiger partial charge is 0.354 e. The van der Waals surface area contributed by atoms with Gasteiger partial charge in [0.2, 0.25) is 5.95 Å². The highest BCUT2D eigenvalue weighted by atomic mass is 32.2. The van der Waals surface area contributed by atoms with Crippen LogP contribution in [0.15, 0.2) is 11.5 Å². The van der Waals surface area contributed by atoms with Gasteiger partial charge in [-0.05, 0) is 13.2 Å². The molecule has 0 unspecified atom stereocenters. The number of nitrogens with one attached hydrogen (secondary N) is 1. The van der Waals surface area contributed by atoms with E-state index in [9.17, 15) is 0 Å². The molecule has 0 saturated heterocycles. The Labute approximate surface area is 69.9 Å². The maximum atomic E-state index is 4.11. The molecule has 60 valence electrons. The van der Waals surface area contributed by atoms with E-state index in [1.165, 1.54) is 18.1 Å². The Hall–Kier alpha value is -0.840. The summed E-state index contributed by atoms with van der Waals surface area (Å²) in [5, 5.41) is 3.75. The minimum atomic E-state index is 0.645. The van der Waals surface area contributed by atoms with Crippen LogP contribution in [-0.2, 0) is 0 Å². The van der Waals surface area contributed by atoms with E-state index in [0.717, 1.165) is 11.7 Å². The Morgan fingerprint density at radius 3 is 3.00 bits per heavy atom. The molecular weight excluding hydrogens is 160 g/mol. The van der Waals surface area contributed by atoms with Gasteiger partial charge in [-0.1, -0.05) is 11.8 Å². The van der Waals surface area contributed by atoms with Crippen LogP contribution in [0.3, 0.4) is 0 Å². The van der Waals surface area contributed by atoms with Gasteiger partial charge in [0, 0.05) is 6.54 Å². The van der Waals surface area contributed by atoms with E-state index in [2.05, 4.69) is 20.3 Å². The zero-order valence-electron chi connectivity index (χ0n) is 6.53. The minimum absolute atomic E-state index is 0.645. The third-order valence-electron chi connectivity index (χ3n) is 1.07. The van der Waals surface area contributed by atoms with Crippen LogP contribution in [-0.4, -0.2) is 27.8 Å². The van der Waals surface area contributed by atoms with E-state index in [0.29, 0.717) is 5.95 Å². The van der Waals surface area contributed by atoms with E-state index in [4.69, 9.17) is 0 Å². The Morgan fingerprint density at radius 1 is 1.55 bits per heavy atom. The summed E-state index contributed by atoms with van der Waals surface area (Å²) in [6.07, 6.45) is 3.45. The van der Waals surface area contributed by atoms with Gasteiger partial charge in [0.05, 0.1) is 0 Å². The lowest BCUT2D eigenvalue weighted by Crippen LogP contribution is -2.02. The first-order valence-corrected chi connectivity index (χ1v) is 4.56. The Bertz CT molecular complexity index is 228. The monoisotopic (exact) mass is 170 g/mol. The molecule has 0 spiro atoms. The van der Waals surface area contributed by atoms with Gasteiger partial charge in [0.25, 0.3) is 0 Å². The summed E-state index contributed by atoms with van der Waals surface area (Å²) in [4.78, 5) is 12.0.